The molecule has 0 radical (unpaired) electrons. The van der Waals surface area contributed by atoms with Crippen molar-refractivity contribution in [2.24, 2.45) is 0 Å². The number of para-hydroxylation sites is 1. The van der Waals surface area contributed by atoms with E-state index < -0.39 is 12.6 Å². The number of hydrogen-bond acceptors (Lipinski definition) is 5. The standard InChI is InChI=1S/C16H11NO4S/c17-9-12(16(20)14-6-3-7-22-14)8-11-4-1-2-5-13(11)21-10-15(18)19/h1-8H,10H2,(H,18,19). The van der Waals surface area contributed by atoms with Crippen molar-refractivity contribution in [2.45, 2.75) is 0 Å². The van der Waals surface area contributed by atoms with Crippen LogP contribution in [0.15, 0.2) is 47.4 Å². The highest BCUT2D eigenvalue weighted by Gasteiger charge is 2.14. The molecule has 0 spiro atoms. The van der Waals surface area contributed by atoms with Crippen LogP contribution in [0.25, 0.3) is 6.08 Å². The van der Waals surface area contributed by atoms with E-state index in [1.165, 1.54) is 17.4 Å². The summed E-state index contributed by atoms with van der Waals surface area (Å²) in [7, 11) is 0. The minimum Gasteiger partial charge on any atom is -0.481 e. The molecule has 5 nitrogen and oxygen atoms in total. The lowest BCUT2D eigenvalue weighted by Gasteiger charge is -2.07. The second-order valence-corrected chi connectivity index (χ2v) is 5.14. The van der Waals surface area contributed by atoms with Crippen molar-refractivity contribution in [2.75, 3.05) is 6.61 Å². The molecule has 2 aromatic rings. The third-order valence-electron chi connectivity index (χ3n) is 2.68. The number of hydrogen-bond donors (Lipinski definition) is 1. The smallest absolute Gasteiger partial charge is 0.341 e. The number of aliphatic carboxylic acids is 1. The van der Waals surface area contributed by atoms with Gasteiger partial charge in [0.1, 0.15) is 17.4 Å². The lowest BCUT2D eigenvalue weighted by molar-refractivity contribution is -0.139. The fourth-order valence-electron chi connectivity index (χ4n) is 1.72. The lowest BCUT2D eigenvalue weighted by Crippen LogP contribution is -2.10. The van der Waals surface area contributed by atoms with Crippen LogP contribution in [-0.2, 0) is 4.79 Å². The van der Waals surface area contributed by atoms with E-state index in [1.54, 1.807) is 41.8 Å². The van der Waals surface area contributed by atoms with E-state index in [9.17, 15) is 14.9 Å². The van der Waals surface area contributed by atoms with Crippen LogP contribution >= 0.6 is 11.3 Å². The molecule has 22 heavy (non-hydrogen) atoms. The number of carbonyl (C=O) groups is 2. The van der Waals surface area contributed by atoms with Gasteiger partial charge in [0.25, 0.3) is 0 Å². The van der Waals surface area contributed by atoms with Crippen LogP contribution in [-0.4, -0.2) is 23.5 Å². The molecule has 0 unspecified atom stereocenters. The molecule has 1 heterocycles. The Labute approximate surface area is 130 Å². The van der Waals surface area contributed by atoms with Gasteiger partial charge >= 0.3 is 5.97 Å². The summed E-state index contributed by atoms with van der Waals surface area (Å²) in [5, 5.41) is 19.6. The molecular formula is C16H11NO4S. The Balaban J connectivity index is 2.32. The molecule has 1 N–H and O–H groups in total. The highest BCUT2D eigenvalue weighted by molar-refractivity contribution is 7.12. The molecule has 110 valence electrons. The molecule has 0 aliphatic heterocycles. The van der Waals surface area contributed by atoms with E-state index in [0.29, 0.717) is 16.2 Å². The van der Waals surface area contributed by atoms with E-state index in [4.69, 9.17) is 9.84 Å². The Morgan fingerprint density at radius 2 is 2.05 bits per heavy atom. The summed E-state index contributed by atoms with van der Waals surface area (Å²) in [6.45, 7) is -0.494. The van der Waals surface area contributed by atoms with Crippen molar-refractivity contribution in [1.82, 2.24) is 0 Å². The van der Waals surface area contributed by atoms with Gasteiger partial charge in [0.2, 0.25) is 5.78 Å². The van der Waals surface area contributed by atoms with Crippen LogP contribution < -0.4 is 4.74 Å². The maximum Gasteiger partial charge on any atom is 0.341 e. The predicted octanol–water partition coefficient (Wildman–Crippen LogP) is 3.00. The van der Waals surface area contributed by atoms with E-state index in [0.717, 1.165) is 0 Å². The number of thiophene rings is 1. The third-order valence-corrected chi connectivity index (χ3v) is 3.55. The Morgan fingerprint density at radius 1 is 1.27 bits per heavy atom. The fraction of sp³-hybridized carbons (Fsp3) is 0.0625. The molecular weight excluding hydrogens is 302 g/mol. The van der Waals surface area contributed by atoms with Gasteiger partial charge in [-0.2, -0.15) is 5.26 Å². The van der Waals surface area contributed by atoms with Gasteiger partial charge in [-0.25, -0.2) is 4.79 Å². The van der Waals surface area contributed by atoms with E-state index in [-0.39, 0.29) is 11.4 Å². The Kier molecular flexibility index (Phi) is 5.07. The normalized spacial score (nSPS) is 10.8. The number of ketones is 1. The minimum absolute atomic E-state index is 0.0335. The Bertz CT molecular complexity index is 757. The van der Waals surface area contributed by atoms with Gasteiger partial charge in [-0.05, 0) is 23.6 Å². The predicted molar refractivity (Wildman–Crippen MR) is 81.8 cm³/mol. The zero-order valence-electron chi connectivity index (χ0n) is 11.4. The van der Waals surface area contributed by atoms with Crippen molar-refractivity contribution < 1.29 is 19.4 Å². The summed E-state index contributed by atoms with van der Waals surface area (Å²) < 4.78 is 5.15. The summed E-state index contributed by atoms with van der Waals surface area (Å²) in [4.78, 5) is 23.3. The van der Waals surface area contributed by atoms with Gasteiger partial charge < -0.3 is 9.84 Å². The van der Waals surface area contributed by atoms with Gasteiger partial charge in [0.15, 0.2) is 6.61 Å². The van der Waals surface area contributed by atoms with E-state index in [1.807, 2.05) is 6.07 Å². The average Bonchev–Trinajstić information content (AvgIpc) is 3.05. The first-order valence-corrected chi connectivity index (χ1v) is 7.13. The summed E-state index contributed by atoms with van der Waals surface area (Å²) in [5.74, 6) is -1.17. The second kappa shape index (κ2) is 7.20. The third kappa shape index (κ3) is 3.81. The molecule has 0 aliphatic carbocycles. The first kappa shape index (κ1) is 15.5. The maximum absolute atomic E-state index is 12.2. The topological polar surface area (TPSA) is 87.4 Å². The molecule has 0 amide bonds. The summed E-state index contributed by atoms with van der Waals surface area (Å²) >= 11 is 1.25. The number of benzene rings is 1. The molecule has 0 bridgehead atoms. The number of allylic oxidation sites excluding steroid dienone is 1. The highest BCUT2D eigenvalue weighted by atomic mass is 32.1. The van der Waals surface area contributed by atoms with Gasteiger partial charge in [0.05, 0.1) is 4.88 Å². The maximum atomic E-state index is 12.2. The summed E-state index contributed by atoms with van der Waals surface area (Å²) in [6, 6.07) is 11.9. The van der Waals surface area contributed by atoms with Crippen molar-refractivity contribution in [3.63, 3.8) is 0 Å². The molecule has 0 saturated carbocycles. The number of nitrogens with zero attached hydrogens (tertiary/aromatic N) is 1. The van der Waals surface area contributed by atoms with Gasteiger partial charge in [-0.15, -0.1) is 11.3 Å². The van der Waals surface area contributed by atoms with Crippen molar-refractivity contribution in [3.8, 4) is 11.8 Å². The van der Waals surface area contributed by atoms with Crippen LogP contribution in [0.4, 0.5) is 0 Å². The SMILES string of the molecule is N#CC(=Cc1ccccc1OCC(=O)O)C(=O)c1cccs1. The summed E-state index contributed by atoms with van der Waals surface area (Å²) in [6.07, 6.45) is 1.40. The molecule has 0 atom stereocenters. The first-order valence-electron chi connectivity index (χ1n) is 6.25. The van der Waals surface area contributed by atoms with Crippen molar-refractivity contribution in [3.05, 3.63) is 57.8 Å². The van der Waals surface area contributed by atoms with E-state index >= 15 is 0 Å². The molecule has 1 aromatic carbocycles. The second-order valence-electron chi connectivity index (χ2n) is 4.20. The number of nitriles is 1. The quantitative estimate of drug-likeness (QED) is 0.503. The molecule has 1 aromatic heterocycles. The largest absolute Gasteiger partial charge is 0.481 e. The van der Waals surface area contributed by atoms with Crippen LogP contribution in [0.2, 0.25) is 0 Å². The molecule has 2 rings (SSSR count). The van der Waals surface area contributed by atoms with Gasteiger partial charge in [-0.1, -0.05) is 24.3 Å². The highest BCUT2D eigenvalue weighted by Crippen LogP contribution is 2.23. The van der Waals surface area contributed by atoms with Crippen LogP contribution in [0.1, 0.15) is 15.2 Å². The monoisotopic (exact) mass is 313 g/mol. The number of carboxylic acid groups (broad SMARTS) is 1. The minimum atomic E-state index is -1.10. The van der Waals surface area contributed by atoms with Crippen LogP contribution in [0, 0.1) is 11.3 Å². The zero-order chi connectivity index (χ0) is 15.9. The molecule has 0 aliphatic rings. The fourth-order valence-corrected chi connectivity index (χ4v) is 2.39. The van der Waals surface area contributed by atoms with E-state index in [2.05, 4.69) is 0 Å². The number of Topliss-reactive ketones (excluding diaryl/α,β-unsaturated/α-hetero) is 1. The lowest BCUT2D eigenvalue weighted by atomic mass is 10.1. The van der Waals surface area contributed by atoms with Crippen LogP contribution in [0.5, 0.6) is 5.75 Å². The number of ether oxygens (including phenoxy) is 1. The van der Waals surface area contributed by atoms with Crippen LogP contribution in [0.3, 0.4) is 0 Å². The number of rotatable bonds is 6. The zero-order valence-corrected chi connectivity index (χ0v) is 12.2. The van der Waals surface area contributed by atoms with Crippen molar-refractivity contribution >= 4 is 29.2 Å². The Hall–Kier alpha value is -2.91. The summed E-state index contributed by atoms with van der Waals surface area (Å²) in [5.41, 5.74) is 0.444. The number of carbonyl (C=O) groups excluding carboxylic acids is 1. The molecule has 0 saturated heterocycles. The average molecular weight is 313 g/mol. The van der Waals surface area contributed by atoms with Crippen molar-refractivity contribution in [1.29, 1.82) is 5.26 Å². The number of carboxylic acids is 1. The van der Waals surface area contributed by atoms with Gasteiger partial charge in [-0.3, -0.25) is 4.79 Å². The Morgan fingerprint density at radius 3 is 2.68 bits per heavy atom. The molecule has 0 fully saturated rings. The first-order chi connectivity index (χ1) is 10.6. The molecule has 6 heteroatoms. The van der Waals surface area contributed by atoms with Gasteiger partial charge in [0, 0.05) is 5.56 Å².